The summed E-state index contributed by atoms with van der Waals surface area (Å²) in [4.78, 5) is 16.0. The molecule has 0 saturated carbocycles. The minimum absolute atomic E-state index is 0.187. The van der Waals surface area contributed by atoms with Crippen LogP contribution >= 0.6 is 0 Å². The van der Waals surface area contributed by atoms with Crippen LogP contribution in [0.3, 0.4) is 0 Å². The maximum absolute atomic E-state index is 12.0. The van der Waals surface area contributed by atoms with Crippen LogP contribution in [0.4, 0.5) is 0 Å². The highest BCUT2D eigenvalue weighted by Crippen LogP contribution is 2.08. The summed E-state index contributed by atoms with van der Waals surface area (Å²) < 4.78 is 7.83. The Balaban J connectivity index is 2.30. The second-order valence-electron chi connectivity index (χ2n) is 4.86. The molecule has 0 atom stereocenters. The van der Waals surface area contributed by atoms with E-state index in [1.807, 2.05) is 20.8 Å². The lowest BCUT2D eigenvalue weighted by atomic mass is 10.1. The van der Waals surface area contributed by atoms with Crippen molar-refractivity contribution in [2.24, 2.45) is 0 Å². The molecule has 0 saturated heterocycles. The zero-order chi connectivity index (χ0) is 12.6. The molecule has 17 heavy (non-hydrogen) atoms. The van der Waals surface area contributed by atoms with Gasteiger partial charge in [0.05, 0.1) is 5.54 Å². The summed E-state index contributed by atoms with van der Waals surface area (Å²) in [6.07, 6.45) is 1.48. The minimum Gasteiger partial charge on any atom is -0.337 e. The molecule has 2 aromatic heterocycles. The van der Waals surface area contributed by atoms with E-state index in [2.05, 4.69) is 15.2 Å². The van der Waals surface area contributed by atoms with Gasteiger partial charge in [0, 0.05) is 0 Å². The largest absolute Gasteiger partial charge is 0.346 e. The Morgan fingerprint density at radius 3 is 2.59 bits per heavy atom. The zero-order valence-corrected chi connectivity index (χ0v) is 10.3. The van der Waals surface area contributed by atoms with E-state index < -0.39 is 0 Å². The molecule has 0 N–H and O–H groups in total. The molecule has 7 nitrogen and oxygen atoms in total. The lowest BCUT2D eigenvalue weighted by Crippen LogP contribution is -2.35. The predicted octanol–water partition coefficient (Wildman–Crippen LogP) is 0.540. The van der Waals surface area contributed by atoms with Crippen molar-refractivity contribution in [1.82, 2.24) is 24.5 Å². The Hall–Kier alpha value is -1.92. The van der Waals surface area contributed by atoms with E-state index in [1.54, 1.807) is 6.92 Å². The summed E-state index contributed by atoms with van der Waals surface area (Å²) in [6.45, 7) is 7.73. The van der Waals surface area contributed by atoms with Crippen molar-refractivity contribution in [2.75, 3.05) is 0 Å². The molecule has 0 fully saturated rings. The molecule has 0 spiro atoms. The van der Waals surface area contributed by atoms with Gasteiger partial charge in [-0.05, 0) is 27.7 Å². The van der Waals surface area contributed by atoms with E-state index >= 15 is 0 Å². The maximum Gasteiger partial charge on any atom is 0.346 e. The second kappa shape index (κ2) is 3.83. The maximum atomic E-state index is 12.0. The number of hydrogen-bond donors (Lipinski definition) is 0. The van der Waals surface area contributed by atoms with Gasteiger partial charge >= 0.3 is 5.69 Å². The van der Waals surface area contributed by atoms with Gasteiger partial charge in [0.25, 0.3) is 0 Å². The van der Waals surface area contributed by atoms with E-state index in [-0.39, 0.29) is 17.8 Å². The van der Waals surface area contributed by atoms with Crippen molar-refractivity contribution in [3.8, 4) is 0 Å². The molecule has 0 amide bonds. The third-order valence-corrected chi connectivity index (χ3v) is 2.24. The van der Waals surface area contributed by atoms with Crippen LogP contribution in [-0.4, -0.2) is 24.5 Å². The molecule has 0 aliphatic rings. The molecule has 0 radical (unpaired) electrons. The molecule has 0 bridgehead atoms. The Morgan fingerprint density at radius 2 is 2.12 bits per heavy atom. The standard InChI is InChI=1S/C10H15N5O2/c1-7-12-8(17-13-7)5-14-6-11-15(9(14)16)10(2,3)4/h6H,5H2,1-4H3. The normalized spacial score (nSPS) is 12.0. The molecule has 2 aromatic rings. The van der Waals surface area contributed by atoms with Gasteiger partial charge in [-0.3, -0.25) is 4.57 Å². The minimum atomic E-state index is -0.340. The smallest absolute Gasteiger partial charge is 0.337 e. The Labute approximate surface area is 98.1 Å². The first kappa shape index (κ1) is 11.6. The number of hydrogen-bond acceptors (Lipinski definition) is 5. The molecular formula is C10H15N5O2. The molecule has 92 valence electrons. The summed E-state index contributed by atoms with van der Waals surface area (Å²) in [5, 5.41) is 7.74. The third-order valence-electron chi connectivity index (χ3n) is 2.24. The number of aromatic nitrogens is 5. The van der Waals surface area contributed by atoms with Crippen LogP contribution in [0.5, 0.6) is 0 Å². The highest BCUT2D eigenvalue weighted by atomic mass is 16.5. The van der Waals surface area contributed by atoms with Crippen molar-refractivity contribution in [2.45, 2.75) is 39.8 Å². The van der Waals surface area contributed by atoms with Crippen LogP contribution in [0.15, 0.2) is 15.6 Å². The van der Waals surface area contributed by atoms with Crippen molar-refractivity contribution >= 4 is 0 Å². The number of aryl methyl sites for hydroxylation is 1. The average molecular weight is 237 g/mol. The first-order chi connectivity index (χ1) is 7.88. The molecule has 0 aromatic carbocycles. The fraction of sp³-hybridized carbons (Fsp3) is 0.600. The van der Waals surface area contributed by atoms with E-state index in [0.717, 1.165) is 0 Å². The quantitative estimate of drug-likeness (QED) is 0.761. The summed E-state index contributed by atoms with van der Waals surface area (Å²) in [5.41, 5.74) is -0.527. The van der Waals surface area contributed by atoms with Gasteiger partial charge in [-0.15, -0.1) is 0 Å². The van der Waals surface area contributed by atoms with E-state index in [9.17, 15) is 4.79 Å². The van der Waals surface area contributed by atoms with Crippen molar-refractivity contribution in [3.63, 3.8) is 0 Å². The van der Waals surface area contributed by atoms with Crippen LogP contribution in [0, 0.1) is 6.92 Å². The average Bonchev–Trinajstić information content (AvgIpc) is 2.74. The molecule has 7 heteroatoms. The molecular weight excluding hydrogens is 222 g/mol. The summed E-state index contributed by atoms with van der Waals surface area (Å²) >= 11 is 0. The van der Waals surface area contributed by atoms with Crippen LogP contribution in [0.2, 0.25) is 0 Å². The van der Waals surface area contributed by atoms with Gasteiger partial charge in [-0.1, -0.05) is 5.16 Å². The monoisotopic (exact) mass is 237 g/mol. The van der Waals surface area contributed by atoms with Crippen LogP contribution in [-0.2, 0) is 12.1 Å². The number of rotatable bonds is 2. The lowest BCUT2D eigenvalue weighted by molar-refractivity contribution is 0.336. The first-order valence-electron chi connectivity index (χ1n) is 5.32. The fourth-order valence-electron chi connectivity index (χ4n) is 1.45. The van der Waals surface area contributed by atoms with Crippen LogP contribution < -0.4 is 5.69 Å². The summed E-state index contributed by atoms with van der Waals surface area (Å²) in [5.74, 6) is 0.953. The van der Waals surface area contributed by atoms with Crippen molar-refractivity contribution in [3.05, 3.63) is 28.5 Å². The molecule has 0 aliphatic heterocycles. The SMILES string of the molecule is Cc1noc(Cn2cnn(C(C)(C)C)c2=O)n1. The topological polar surface area (TPSA) is 78.7 Å². The highest BCUT2D eigenvalue weighted by Gasteiger charge is 2.19. The lowest BCUT2D eigenvalue weighted by Gasteiger charge is -2.16. The summed E-state index contributed by atoms with van der Waals surface area (Å²) in [6, 6.07) is 0. The van der Waals surface area contributed by atoms with Gasteiger partial charge in [0.15, 0.2) is 5.82 Å². The van der Waals surface area contributed by atoms with Gasteiger partial charge in [0.2, 0.25) is 5.89 Å². The van der Waals surface area contributed by atoms with Gasteiger partial charge in [-0.2, -0.15) is 10.1 Å². The molecule has 2 heterocycles. The molecule has 2 rings (SSSR count). The van der Waals surface area contributed by atoms with E-state index in [1.165, 1.54) is 15.6 Å². The van der Waals surface area contributed by atoms with Gasteiger partial charge < -0.3 is 4.52 Å². The molecule has 0 unspecified atom stereocenters. The number of nitrogens with zero attached hydrogens (tertiary/aromatic N) is 5. The van der Waals surface area contributed by atoms with Crippen molar-refractivity contribution in [1.29, 1.82) is 0 Å². The summed E-state index contributed by atoms with van der Waals surface area (Å²) in [7, 11) is 0. The predicted molar refractivity (Wildman–Crippen MR) is 59.6 cm³/mol. The zero-order valence-electron chi connectivity index (χ0n) is 10.3. The van der Waals surface area contributed by atoms with Crippen molar-refractivity contribution < 1.29 is 4.52 Å². The molecule has 0 aliphatic carbocycles. The van der Waals surface area contributed by atoms with E-state index in [0.29, 0.717) is 11.7 Å². The Kier molecular flexibility index (Phi) is 2.60. The van der Waals surface area contributed by atoms with E-state index in [4.69, 9.17) is 4.52 Å². The second-order valence-corrected chi connectivity index (χ2v) is 4.86. The van der Waals surface area contributed by atoms with Gasteiger partial charge in [-0.25, -0.2) is 9.48 Å². The van der Waals surface area contributed by atoms with Crippen LogP contribution in [0.25, 0.3) is 0 Å². The Bertz CT molecular complexity index is 572. The van der Waals surface area contributed by atoms with Gasteiger partial charge in [0.1, 0.15) is 12.9 Å². The fourth-order valence-corrected chi connectivity index (χ4v) is 1.45. The Morgan fingerprint density at radius 1 is 1.41 bits per heavy atom. The highest BCUT2D eigenvalue weighted by molar-refractivity contribution is 4.86. The van der Waals surface area contributed by atoms with Crippen LogP contribution in [0.1, 0.15) is 32.5 Å². The first-order valence-corrected chi connectivity index (χ1v) is 5.32. The third kappa shape index (κ3) is 2.27.